The highest BCUT2D eigenvalue weighted by molar-refractivity contribution is 6.40. The van der Waals surface area contributed by atoms with Crippen LogP contribution < -0.4 is 5.46 Å². The molecule has 22 heavy (non-hydrogen) atoms. The van der Waals surface area contributed by atoms with E-state index < -0.39 is 0 Å². The zero-order valence-electron chi connectivity index (χ0n) is 12.0. The number of benzene rings is 2. The highest BCUT2D eigenvalue weighted by atomic mass is 16.3. The minimum Gasteiger partial charge on any atom is -0.506 e. The number of ketones is 1. The number of hydrogen-bond donors (Lipinski definition) is 1. The van der Waals surface area contributed by atoms with E-state index >= 15 is 0 Å². The first-order valence-electron chi connectivity index (χ1n) is 7.11. The summed E-state index contributed by atoms with van der Waals surface area (Å²) in [5, 5.41) is 11.4. The molecule has 0 radical (unpaired) electrons. The molecule has 4 heteroatoms. The number of carbonyl (C=O) groups is 1. The van der Waals surface area contributed by atoms with Crippen LogP contribution >= 0.6 is 0 Å². The molecule has 1 aromatic heterocycles. The van der Waals surface area contributed by atoms with Gasteiger partial charge in [-0.05, 0) is 11.5 Å². The summed E-state index contributed by atoms with van der Waals surface area (Å²) in [4.78, 5) is 17.2. The third-order valence-corrected chi connectivity index (χ3v) is 4.07. The van der Waals surface area contributed by atoms with Gasteiger partial charge in [-0.3, -0.25) is 4.79 Å². The van der Waals surface area contributed by atoms with Gasteiger partial charge in [-0.15, -0.1) is 0 Å². The lowest BCUT2D eigenvalue weighted by molar-refractivity contribution is 0.105. The van der Waals surface area contributed by atoms with Gasteiger partial charge in [-0.25, -0.2) is 4.98 Å². The van der Waals surface area contributed by atoms with Crippen molar-refractivity contribution in [3.63, 3.8) is 0 Å². The Balaban J connectivity index is 1.95. The van der Waals surface area contributed by atoms with Gasteiger partial charge in [-0.1, -0.05) is 54.0 Å². The van der Waals surface area contributed by atoms with Crippen molar-refractivity contribution >= 4 is 41.3 Å². The van der Waals surface area contributed by atoms with Gasteiger partial charge in [0, 0.05) is 11.1 Å². The molecule has 3 aromatic rings. The third kappa shape index (κ3) is 1.70. The lowest BCUT2D eigenvalue weighted by atomic mass is 9.93. The number of pyridine rings is 1. The first-order valence-corrected chi connectivity index (χ1v) is 7.11. The van der Waals surface area contributed by atoms with E-state index in [1.165, 1.54) is 0 Å². The molecule has 1 heterocycles. The maximum Gasteiger partial charge on any atom is 0.199 e. The first kappa shape index (κ1) is 12.8. The zero-order valence-corrected chi connectivity index (χ0v) is 12.0. The standard InChI is InChI=1S/C18H12BNO2/c19-13-7-3-4-10-8-9-14(20-16(10)13)15-17(21)11-5-1-2-6-12(11)18(15)22/h1-9,21H,19H2. The molecule has 1 aliphatic rings. The van der Waals surface area contributed by atoms with Crippen LogP contribution in [0.4, 0.5) is 0 Å². The summed E-state index contributed by atoms with van der Waals surface area (Å²) in [6.07, 6.45) is 0. The summed E-state index contributed by atoms with van der Waals surface area (Å²) in [6.45, 7) is 0. The Hall–Kier alpha value is -2.88. The molecule has 0 bridgehead atoms. The van der Waals surface area contributed by atoms with E-state index in [1.54, 1.807) is 24.3 Å². The van der Waals surface area contributed by atoms with Crippen LogP contribution in [0, 0.1) is 0 Å². The van der Waals surface area contributed by atoms with Crippen LogP contribution in [0.2, 0.25) is 0 Å². The van der Waals surface area contributed by atoms with Crippen molar-refractivity contribution in [2.45, 2.75) is 0 Å². The van der Waals surface area contributed by atoms with Crippen molar-refractivity contribution in [3.8, 4) is 0 Å². The second-order valence-corrected chi connectivity index (χ2v) is 5.44. The van der Waals surface area contributed by atoms with Gasteiger partial charge < -0.3 is 5.11 Å². The van der Waals surface area contributed by atoms with E-state index in [-0.39, 0.29) is 17.1 Å². The molecule has 104 valence electrons. The number of aliphatic hydroxyl groups excluding tert-OH is 1. The number of aliphatic hydroxyl groups is 1. The molecule has 0 atom stereocenters. The Morgan fingerprint density at radius 3 is 2.45 bits per heavy atom. The molecular formula is C18H12BNO2. The van der Waals surface area contributed by atoms with E-state index in [9.17, 15) is 9.90 Å². The Labute approximate surface area is 128 Å². The molecule has 3 nitrogen and oxygen atoms in total. The molecule has 0 saturated carbocycles. The SMILES string of the molecule is Bc1cccc2ccc(C3=C(O)c4ccccc4C3=O)nc12. The van der Waals surface area contributed by atoms with Crippen molar-refractivity contribution in [3.05, 3.63) is 71.4 Å². The van der Waals surface area contributed by atoms with Gasteiger partial charge in [0.15, 0.2) is 5.78 Å². The van der Waals surface area contributed by atoms with Crippen molar-refractivity contribution in [1.82, 2.24) is 4.98 Å². The van der Waals surface area contributed by atoms with Crippen LogP contribution in [0.3, 0.4) is 0 Å². The number of allylic oxidation sites excluding steroid dienone is 1. The summed E-state index contributed by atoms with van der Waals surface area (Å²) in [7, 11) is 1.98. The van der Waals surface area contributed by atoms with Crippen LogP contribution in [-0.4, -0.2) is 23.7 Å². The number of fused-ring (bicyclic) bond motifs is 2. The summed E-state index contributed by atoms with van der Waals surface area (Å²) < 4.78 is 0. The molecule has 0 fully saturated rings. The van der Waals surface area contributed by atoms with E-state index in [2.05, 4.69) is 4.98 Å². The van der Waals surface area contributed by atoms with Crippen molar-refractivity contribution in [1.29, 1.82) is 0 Å². The maximum absolute atomic E-state index is 12.6. The number of rotatable bonds is 1. The van der Waals surface area contributed by atoms with Gasteiger partial charge in [0.2, 0.25) is 0 Å². The lowest BCUT2D eigenvalue weighted by Gasteiger charge is -2.06. The van der Waals surface area contributed by atoms with Crippen molar-refractivity contribution in [2.24, 2.45) is 0 Å². The van der Waals surface area contributed by atoms with Crippen LogP contribution in [0.1, 0.15) is 21.6 Å². The quantitative estimate of drug-likeness (QED) is 0.697. The average Bonchev–Trinajstić information content (AvgIpc) is 2.80. The van der Waals surface area contributed by atoms with Gasteiger partial charge in [0.05, 0.1) is 16.8 Å². The number of carbonyl (C=O) groups excluding carboxylic acids is 1. The Kier molecular flexibility index (Phi) is 2.66. The molecule has 1 aliphatic carbocycles. The summed E-state index contributed by atoms with van der Waals surface area (Å²) in [5.41, 5.74) is 3.80. The van der Waals surface area contributed by atoms with Crippen molar-refractivity contribution < 1.29 is 9.90 Å². The molecular weight excluding hydrogens is 273 g/mol. The highest BCUT2D eigenvalue weighted by Crippen LogP contribution is 2.36. The lowest BCUT2D eigenvalue weighted by Crippen LogP contribution is -2.07. The molecule has 4 rings (SSSR count). The number of aromatic nitrogens is 1. The van der Waals surface area contributed by atoms with E-state index in [0.717, 1.165) is 16.4 Å². The Bertz CT molecular complexity index is 976. The topological polar surface area (TPSA) is 50.2 Å². The van der Waals surface area contributed by atoms with Gasteiger partial charge in [0.25, 0.3) is 0 Å². The molecule has 0 unspecified atom stereocenters. The second-order valence-electron chi connectivity index (χ2n) is 5.44. The number of Topliss-reactive ketones (excluding diaryl/α,β-unsaturated/α-hetero) is 1. The zero-order chi connectivity index (χ0) is 15.3. The predicted molar refractivity (Wildman–Crippen MR) is 90.1 cm³/mol. The number of nitrogens with zero attached hydrogens (tertiary/aromatic N) is 1. The van der Waals surface area contributed by atoms with Crippen LogP contribution in [0.15, 0.2) is 54.6 Å². The monoisotopic (exact) mass is 285 g/mol. The molecule has 2 aromatic carbocycles. The van der Waals surface area contributed by atoms with Gasteiger partial charge >= 0.3 is 0 Å². The Morgan fingerprint density at radius 1 is 0.909 bits per heavy atom. The predicted octanol–water partition coefficient (Wildman–Crippen LogP) is 2.12. The van der Waals surface area contributed by atoms with Crippen LogP contribution in [0.25, 0.3) is 22.2 Å². The highest BCUT2D eigenvalue weighted by Gasteiger charge is 2.31. The molecule has 0 spiro atoms. The second kappa shape index (κ2) is 4.56. The number of hydrogen-bond acceptors (Lipinski definition) is 3. The fourth-order valence-corrected chi connectivity index (χ4v) is 2.94. The molecule has 0 amide bonds. The maximum atomic E-state index is 12.6. The average molecular weight is 285 g/mol. The summed E-state index contributed by atoms with van der Waals surface area (Å²) in [5.74, 6) is -0.158. The fraction of sp³-hybridized carbons (Fsp3) is 0. The number of para-hydroxylation sites is 1. The minimum atomic E-state index is -0.173. The summed E-state index contributed by atoms with van der Waals surface area (Å²) in [6, 6.07) is 16.8. The first-order chi connectivity index (χ1) is 10.7. The fourth-order valence-electron chi connectivity index (χ4n) is 2.94. The van der Waals surface area contributed by atoms with E-state index in [1.807, 2.05) is 38.2 Å². The normalized spacial score (nSPS) is 13.7. The molecule has 1 N–H and O–H groups in total. The smallest absolute Gasteiger partial charge is 0.199 e. The van der Waals surface area contributed by atoms with Crippen LogP contribution in [-0.2, 0) is 0 Å². The van der Waals surface area contributed by atoms with Gasteiger partial charge in [-0.2, -0.15) is 0 Å². The third-order valence-electron chi connectivity index (χ3n) is 4.07. The van der Waals surface area contributed by atoms with Crippen molar-refractivity contribution in [2.75, 3.05) is 0 Å². The van der Waals surface area contributed by atoms with Gasteiger partial charge in [0.1, 0.15) is 13.6 Å². The van der Waals surface area contributed by atoms with E-state index in [0.29, 0.717) is 16.8 Å². The summed E-state index contributed by atoms with van der Waals surface area (Å²) >= 11 is 0. The minimum absolute atomic E-state index is 0.0148. The van der Waals surface area contributed by atoms with Crippen LogP contribution in [0.5, 0.6) is 0 Å². The Morgan fingerprint density at radius 2 is 1.68 bits per heavy atom. The van der Waals surface area contributed by atoms with E-state index in [4.69, 9.17) is 0 Å². The molecule has 0 saturated heterocycles. The largest absolute Gasteiger partial charge is 0.506 e. The molecule has 0 aliphatic heterocycles.